The summed E-state index contributed by atoms with van der Waals surface area (Å²) in [4.78, 5) is 8.52. The van der Waals surface area contributed by atoms with Crippen molar-refractivity contribution in [3.8, 4) is 11.6 Å². The summed E-state index contributed by atoms with van der Waals surface area (Å²) in [6.07, 6.45) is 0.982. The Kier molecular flexibility index (Phi) is 5.32. The first-order chi connectivity index (χ1) is 15.9. The summed E-state index contributed by atoms with van der Waals surface area (Å²) in [6.45, 7) is 4.11. The van der Waals surface area contributed by atoms with Gasteiger partial charge < -0.3 is 9.73 Å². The molecule has 3 heterocycles. The van der Waals surface area contributed by atoms with Gasteiger partial charge in [-0.2, -0.15) is 13.2 Å². The lowest BCUT2D eigenvalue weighted by atomic mass is 9.96. The third-order valence-electron chi connectivity index (χ3n) is 5.53. The number of nitrogens with zero attached hydrogens (tertiary/aromatic N) is 4. The van der Waals surface area contributed by atoms with Crippen LogP contribution in [0.15, 0.2) is 59.7 Å². The first-order valence-electron chi connectivity index (χ1n) is 10.6. The molecule has 1 aromatic carbocycles. The fourth-order valence-corrected chi connectivity index (χ4v) is 3.79. The largest absolute Gasteiger partial charge is 0.418 e. The second-order valence-corrected chi connectivity index (χ2v) is 7.98. The van der Waals surface area contributed by atoms with Gasteiger partial charge in [0.05, 0.1) is 23.3 Å². The number of hydrogen-bond donors (Lipinski definition) is 1. The smallest absolute Gasteiger partial charge is 0.402 e. The lowest BCUT2D eigenvalue weighted by Crippen LogP contribution is -2.09. The van der Waals surface area contributed by atoms with Crippen LogP contribution in [0, 0.1) is 0 Å². The summed E-state index contributed by atoms with van der Waals surface area (Å²) in [5.41, 5.74) is 1.47. The van der Waals surface area contributed by atoms with E-state index in [0.717, 1.165) is 18.5 Å². The quantitative estimate of drug-likeness (QED) is 0.352. The maximum absolute atomic E-state index is 14.0. The first kappa shape index (κ1) is 21.1. The van der Waals surface area contributed by atoms with Crippen molar-refractivity contribution in [3.05, 3.63) is 77.6 Å². The number of aromatic nitrogens is 4. The van der Waals surface area contributed by atoms with Gasteiger partial charge >= 0.3 is 12.2 Å². The van der Waals surface area contributed by atoms with E-state index in [1.807, 2.05) is 24.3 Å². The van der Waals surface area contributed by atoms with Crippen molar-refractivity contribution >= 4 is 16.9 Å². The number of anilines is 1. The van der Waals surface area contributed by atoms with Crippen LogP contribution in [0.3, 0.4) is 0 Å². The molecule has 168 valence electrons. The highest BCUT2D eigenvalue weighted by Gasteiger charge is 2.36. The van der Waals surface area contributed by atoms with Crippen LogP contribution in [-0.4, -0.2) is 20.2 Å². The van der Waals surface area contributed by atoms with Crippen molar-refractivity contribution in [2.45, 2.75) is 37.9 Å². The van der Waals surface area contributed by atoms with Gasteiger partial charge in [0.25, 0.3) is 5.89 Å². The average Bonchev–Trinajstić information content (AvgIpc) is 3.55. The number of benzene rings is 1. The predicted octanol–water partition coefficient (Wildman–Crippen LogP) is 5.92. The predicted molar refractivity (Wildman–Crippen MR) is 117 cm³/mol. The Balaban J connectivity index is 1.55. The van der Waals surface area contributed by atoms with Crippen LogP contribution >= 0.6 is 0 Å². The molecule has 0 spiro atoms. The van der Waals surface area contributed by atoms with Crippen molar-refractivity contribution in [1.29, 1.82) is 0 Å². The Morgan fingerprint density at radius 1 is 1.15 bits per heavy atom. The topological polar surface area (TPSA) is 76.7 Å². The van der Waals surface area contributed by atoms with E-state index < -0.39 is 11.7 Å². The summed E-state index contributed by atoms with van der Waals surface area (Å²) in [6, 6.07) is 10.4. The monoisotopic (exact) mass is 451 g/mol. The second kappa shape index (κ2) is 8.31. The maximum Gasteiger partial charge on any atom is 0.418 e. The van der Waals surface area contributed by atoms with Crippen molar-refractivity contribution in [1.82, 2.24) is 20.2 Å². The van der Waals surface area contributed by atoms with Crippen LogP contribution in [0.2, 0.25) is 0 Å². The highest BCUT2D eigenvalue weighted by molar-refractivity contribution is 5.88. The van der Waals surface area contributed by atoms with Gasteiger partial charge in [-0.05, 0) is 66.6 Å². The van der Waals surface area contributed by atoms with Crippen LogP contribution < -0.4 is 5.32 Å². The van der Waals surface area contributed by atoms with Crippen LogP contribution in [-0.2, 0) is 19.1 Å². The number of nitrogens with one attached hydrogen (secondary N) is 1. The van der Waals surface area contributed by atoms with Crippen molar-refractivity contribution in [2.24, 2.45) is 0 Å². The molecule has 0 bridgehead atoms. The third-order valence-corrected chi connectivity index (χ3v) is 5.53. The van der Waals surface area contributed by atoms with Gasteiger partial charge in [-0.1, -0.05) is 17.2 Å². The van der Waals surface area contributed by atoms with Crippen molar-refractivity contribution in [3.63, 3.8) is 0 Å². The zero-order valence-corrected chi connectivity index (χ0v) is 17.6. The number of alkyl halides is 3. The van der Waals surface area contributed by atoms with Crippen molar-refractivity contribution < 1.29 is 17.6 Å². The Hall–Kier alpha value is -3.75. The molecular formula is C24H20F3N5O. The first-order valence-corrected chi connectivity index (χ1v) is 10.6. The summed E-state index contributed by atoms with van der Waals surface area (Å²) < 4.78 is 47.6. The minimum atomic E-state index is -4.54. The fraction of sp³-hybridized carbons (Fsp3) is 0.250. The van der Waals surface area contributed by atoms with Crippen LogP contribution in [0.5, 0.6) is 0 Å². The molecule has 0 amide bonds. The van der Waals surface area contributed by atoms with Gasteiger partial charge in [0.15, 0.2) is 0 Å². The minimum absolute atomic E-state index is 0.0325. The molecule has 1 aliphatic carbocycles. The van der Waals surface area contributed by atoms with Gasteiger partial charge in [-0.15, -0.1) is 11.7 Å². The third kappa shape index (κ3) is 4.44. The van der Waals surface area contributed by atoms with E-state index in [0.29, 0.717) is 29.5 Å². The number of fused-ring (bicyclic) bond motifs is 1. The van der Waals surface area contributed by atoms with E-state index in [1.165, 1.54) is 6.07 Å². The number of halogens is 3. The normalized spacial score (nSPS) is 13.9. The molecule has 4 aromatic rings. The number of hydrogen-bond acceptors (Lipinski definition) is 6. The van der Waals surface area contributed by atoms with Gasteiger partial charge in [-0.25, -0.2) is 4.98 Å². The summed E-state index contributed by atoms with van der Waals surface area (Å²) >= 11 is 0. The number of allylic oxidation sites excluding steroid dienone is 1. The van der Waals surface area contributed by atoms with Gasteiger partial charge in [0.2, 0.25) is 0 Å². The van der Waals surface area contributed by atoms with E-state index in [1.54, 1.807) is 18.3 Å². The van der Waals surface area contributed by atoms with E-state index >= 15 is 0 Å². The molecule has 0 radical (unpaired) electrons. The Morgan fingerprint density at radius 3 is 2.70 bits per heavy atom. The van der Waals surface area contributed by atoms with Gasteiger partial charge in [0, 0.05) is 11.6 Å². The number of pyridine rings is 2. The Bertz CT molecular complexity index is 1310. The van der Waals surface area contributed by atoms with E-state index in [-0.39, 0.29) is 29.0 Å². The van der Waals surface area contributed by atoms with Gasteiger partial charge in [0.1, 0.15) is 5.69 Å². The molecule has 1 saturated carbocycles. The Morgan fingerprint density at radius 2 is 2.00 bits per heavy atom. The SMILES string of the molecule is C=CCc1cc(-c2nnc(NCc3ccccn3)o2)nc2c(C(F)(F)F)cc(C3CC3)cc12. The molecule has 1 N–H and O–H groups in total. The second-order valence-electron chi connectivity index (χ2n) is 7.98. The van der Waals surface area contributed by atoms with E-state index in [2.05, 4.69) is 32.1 Å². The lowest BCUT2D eigenvalue weighted by Gasteiger charge is -2.15. The van der Waals surface area contributed by atoms with Crippen LogP contribution in [0.4, 0.5) is 19.2 Å². The molecular weight excluding hydrogens is 431 g/mol. The molecule has 33 heavy (non-hydrogen) atoms. The van der Waals surface area contributed by atoms with Crippen molar-refractivity contribution in [2.75, 3.05) is 5.32 Å². The number of rotatable bonds is 7. The molecule has 0 saturated heterocycles. The summed E-state index contributed by atoms with van der Waals surface area (Å²) in [5, 5.41) is 11.4. The van der Waals surface area contributed by atoms with Gasteiger partial charge in [-0.3, -0.25) is 4.98 Å². The lowest BCUT2D eigenvalue weighted by molar-refractivity contribution is -0.136. The Labute approximate surface area is 187 Å². The highest BCUT2D eigenvalue weighted by atomic mass is 19.4. The van der Waals surface area contributed by atoms with E-state index in [4.69, 9.17) is 4.42 Å². The molecule has 0 atom stereocenters. The molecule has 1 fully saturated rings. The molecule has 9 heteroatoms. The minimum Gasteiger partial charge on any atom is -0.402 e. The average molecular weight is 451 g/mol. The van der Waals surface area contributed by atoms with Crippen LogP contribution in [0.1, 0.15) is 41.1 Å². The summed E-state index contributed by atoms with van der Waals surface area (Å²) in [5.74, 6) is 0.209. The maximum atomic E-state index is 14.0. The fourth-order valence-electron chi connectivity index (χ4n) is 3.79. The zero-order chi connectivity index (χ0) is 23.0. The standard InChI is InChI=1S/C24H20F3N5O/c1-2-5-15-12-20(22-31-32-23(33-22)29-13-17-6-3-4-9-28-17)30-21-18(15)10-16(14-7-8-14)11-19(21)24(25,26)27/h2-4,6,9-12,14H,1,5,7-8,13H2,(H,29,32). The highest BCUT2D eigenvalue weighted by Crippen LogP contribution is 2.45. The van der Waals surface area contributed by atoms with E-state index in [9.17, 15) is 13.2 Å². The molecule has 6 nitrogen and oxygen atoms in total. The molecule has 3 aromatic heterocycles. The molecule has 5 rings (SSSR count). The molecule has 1 aliphatic rings. The molecule has 0 unspecified atom stereocenters. The van der Waals surface area contributed by atoms with Crippen LogP contribution in [0.25, 0.3) is 22.5 Å². The zero-order valence-electron chi connectivity index (χ0n) is 17.6. The summed E-state index contributed by atoms with van der Waals surface area (Å²) in [7, 11) is 0. The molecule has 0 aliphatic heterocycles.